The first-order valence-electron chi connectivity index (χ1n) is 8.53. The molecule has 0 atom stereocenters. The zero-order chi connectivity index (χ0) is 17.5. The molecule has 0 saturated carbocycles. The predicted octanol–water partition coefficient (Wildman–Crippen LogP) is 6.20. The molecule has 0 bridgehead atoms. The van der Waals surface area contributed by atoms with E-state index in [1.807, 2.05) is 24.3 Å². The molecule has 128 valence electrons. The molecule has 0 aliphatic carbocycles. The molecular formula is C22H22BrNO. The maximum atomic E-state index is 6.05. The van der Waals surface area contributed by atoms with Gasteiger partial charge in [0.05, 0.1) is 0 Å². The van der Waals surface area contributed by atoms with Gasteiger partial charge in [-0.05, 0) is 41.8 Å². The van der Waals surface area contributed by atoms with Crippen LogP contribution in [0.1, 0.15) is 23.6 Å². The van der Waals surface area contributed by atoms with Gasteiger partial charge < -0.3 is 10.1 Å². The van der Waals surface area contributed by atoms with Gasteiger partial charge in [-0.25, -0.2) is 0 Å². The second-order valence-corrected chi connectivity index (χ2v) is 6.80. The summed E-state index contributed by atoms with van der Waals surface area (Å²) in [7, 11) is 0. The summed E-state index contributed by atoms with van der Waals surface area (Å²) in [5, 5.41) is 3.54. The molecule has 3 heteroatoms. The number of ether oxygens (including phenoxy) is 1. The van der Waals surface area contributed by atoms with Crippen LogP contribution in [0.4, 0.5) is 5.69 Å². The fraction of sp³-hybridized carbons (Fsp3) is 0.182. The van der Waals surface area contributed by atoms with E-state index >= 15 is 0 Å². The highest BCUT2D eigenvalue weighted by Gasteiger charge is 2.05. The van der Waals surface area contributed by atoms with Gasteiger partial charge in [-0.3, -0.25) is 0 Å². The summed E-state index contributed by atoms with van der Waals surface area (Å²) in [5.74, 6) is 0.923. The molecule has 0 unspecified atom stereocenters. The van der Waals surface area contributed by atoms with E-state index in [4.69, 9.17) is 4.74 Å². The third-order valence-corrected chi connectivity index (χ3v) is 4.68. The Morgan fingerprint density at radius 3 is 2.28 bits per heavy atom. The van der Waals surface area contributed by atoms with Crippen LogP contribution >= 0.6 is 15.9 Å². The van der Waals surface area contributed by atoms with Crippen LogP contribution in [0, 0.1) is 0 Å². The number of anilines is 1. The average Bonchev–Trinajstić information content (AvgIpc) is 2.67. The molecule has 0 saturated heterocycles. The van der Waals surface area contributed by atoms with Gasteiger partial charge in [0.25, 0.3) is 0 Å². The second-order valence-electron chi connectivity index (χ2n) is 5.89. The van der Waals surface area contributed by atoms with E-state index in [-0.39, 0.29) is 0 Å². The number of hydrogen-bond donors (Lipinski definition) is 1. The largest absolute Gasteiger partial charge is 0.489 e. The zero-order valence-corrected chi connectivity index (χ0v) is 15.9. The molecule has 3 aromatic rings. The minimum atomic E-state index is 0.565. The molecule has 0 heterocycles. The average molecular weight is 396 g/mol. The van der Waals surface area contributed by atoms with Gasteiger partial charge in [-0.2, -0.15) is 0 Å². The van der Waals surface area contributed by atoms with Crippen LogP contribution in [-0.2, 0) is 19.6 Å². The van der Waals surface area contributed by atoms with E-state index in [1.54, 1.807) is 0 Å². The number of nitrogens with one attached hydrogen (secondary N) is 1. The van der Waals surface area contributed by atoms with Crippen molar-refractivity contribution in [3.63, 3.8) is 0 Å². The van der Waals surface area contributed by atoms with E-state index in [2.05, 4.69) is 76.7 Å². The quantitative estimate of drug-likeness (QED) is 0.513. The number of rotatable bonds is 7. The summed E-state index contributed by atoms with van der Waals surface area (Å²) in [6.45, 7) is 3.49. The lowest BCUT2D eigenvalue weighted by Crippen LogP contribution is -2.05. The van der Waals surface area contributed by atoms with Crippen LogP contribution in [0.3, 0.4) is 0 Å². The van der Waals surface area contributed by atoms with Gasteiger partial charge in [0, 0.05) is 22.3 Å². The summed E-state index contributed by atoms with van der Waals surface area (Å²) >= 11 is 3.46. The highest BCUT2D eigenvalue weighted by Crippen LogP contribution is 2.23. The van der Waals surface area contributed by atoms with Crippen molar-refractivity contribution < 1.29 is 4.74 Å². The molecular weight excluding hydrogens is 374 g/mol. The van der Waals surface area contributed by atoms with E-state index < -0.39 is 0 Å². The monoisotopic (exact) mass is 395 g/mol. The number of benzene rings is 3. The van der Waals surface area contributed by atoms with E-state index in [9.17, 15) is 0 Å². The first kappa shape index (κ1) is 17.6. The lowest BCUT2D eigenvalue weighted by molar-refractivity contribution is 0.303. The van der Waals surface area contributed by atoms with Gasteiger partial charge in [-0.1, -0.05) is 71.4 Å². The molecule has 3 aromatic carbocycles. The Hall–Kier alpha value is -2.26. The molecule has 0 spiro atoms. The van der Waals surface area contributed by atoms with Gasteiger partial charge >= 0.3 is 0 Å². The topological polar surface area (TPSA) is 21.3 Å². The van der Waals surface area contributed by atoms with Crippen LogP contribution in [0.2, 0.25) is 0 Å². The highest BCUT2D eigenvalue weighted by molar-refractivity contribution is 9.10. The fourth-order valence-electron chi connectivity index (χ4n) is 2.72. The summed E-state index contributed by atoms with van der Waals surface area (Å²) in [6, 6.07) is 24.9. The summed E-state index contributed by atoms with van der Waals surface area (Å²) in [4.78, 5) is 0. The smallest absolute Gasteiger partial charge is 0.124 e. The first-order chi connectivity index (χ1) is 12.3. The maximum absolute atomic E-state index is 6.05. The molecule has 0 fully saturated rings. The third-order valence-electron chi connectivity index (χ3n) is 4.15. The molecule has 2 nitrogen and oxygen atoms in total. The van der Waals surface area contributed by atoms with E-state index in [0.29, 0.717) is 6.61 Å². The number of aryl methyl sites for hydroxylation is 1. The summed E-state index contributed by atoms with van der Waals surface area (Å²) < 4.78 is 7.13. The van der Waals surface area contributed by atoms with Crippen molar-refractivity contribution in [3.05, 3.63) is 94.0 Å². The van der Waals surface area contributed by atoms with Crippen LogP contribution in [0.25, 0.3) is 0 Å². The van der Waals surface area contributed by atoms with Crippen molar-refractivity contribution >= 4 is 21.6 Å². The summed E-state index contributed by atoms with van der Waals surface area (Å²) in [6.07, 6.45) is 1.02. The first-order valence-corrected chi connectivity index (χ1v) is 9.32. The zero-order valence-electron chi connectivity index (χ0n) is 14.3. The Bertz CT molecular complexity index is 814. The maximum Gasteiger partial charge on any atom is 0.124 e. The van der Waals surface area contributed by atoms with Crippen LogP contribution in [0.5, 0.6) is 5.75 Å². The lowest BCUT2D eigenvalue weighted by Gasteiger charge is -2.14. The Kier molecular flexibility index (Phi) is 6.13. The standard InChI is InChI=1S/C22H22BrNO/c1-2-18-7-3-5-9-21(18)24-15-19-8-4-6-10-22(19)25-16-17-11-13-20(23)14-12-17/h3-14,24H,2,15-16H2,1H3. The van der Waals surface area contributed by atoms with Gasteiger partial charge in [0.15, 0.2) is 0 Å². The molecule has 0 radical (unpaired) electrons. The molecule has 0 aliphatic rings. The van der Waals surface area contributed by atoms with E-state index in [0.717, 1.165) is 34.3 Å². The summed E-state index contributed by atoms with van der Waals surface area (Å²) in [5.41, 5.74) is 4.83. The van der Waals surface area contributed by atoms with E-state index in [1.165, 1.54) is 11.3 Å². The highest BCUT2D eigenvalue weighted by atomic mass is 79.9. The molecule has 0 aliphatic heterocycles. The van der Waals surface area contributed by atoms with Crippen LogP contribution in [-0.4, -0.2) is 0 Å². The van der Waals surface area contributed by atoms with Crippen molar-refractivity contribution in [2.24, 2.45) is 0 Å². The lowest BCUT2D eigenvalue weighted by atomic mass is 10.1. The Morgan fingerprint density at radius 2 is 1.52 bits per heavy atom. The second kappa shape index (κ2) is 8.72. The third kappa shape index (κ3) is 4.86. The SMILES string of the molecule is CCc1ccccc1NCc1ccccc1OCc1ccc(Br)cc1. The number of hydrogen-bond acceptors (Lipinski definition) is 2. The predicted molar refractivity (Wildman–Crippen MR) is 108 cm³/mol. The van der Waals surface area contributed by atoms with Gasteiger partial charge in [0.1, 0.15) is 12.4 Å². The minimum Gasteiger partial charge on any atom is -0.489 e. The Morgan fingerprint density at radius 1 is 0.840 bits per heavy atom. The molecule has 0 aromatic heterocycles. The van der Waals surface area contributed by atoms with Crippen molar-refractivity contribution in [2.75, 3.05) is 5.32 Å². The van der Waals surface area contributed by atoms with Gasteiger partial charge in [0.2, 0.25) is 0 Å². The molecule has 1 N–H and O–H groups in total. The van der Waals surface area contributed by atoms with Gasteiger partial charge in [-0.15, -0.1) is 0 Å². The number of para-hydroxylation sites is 2. The van der Waals surface area contributed by atoms with Crippen molar-refractivity contribution in [3.8, 4) is 5.75 Å². The number of halogens is 1. The Labute approximate surface area is 158 Å². The van der Waals surface area contributed by atoms with Crippen molar-refractivity contribution in [1.29, 1.82) is 0 Å². The molecule has 25 heavy (non-hydrogen) atoms. The normalized spacial score (nSPS) is 10.5. The Balaban J connectivity index is 1.67. The van der Waals surface area contributed by atoms with Crippen LogP contribution in [0.15, 0.2) is 77.3 Å². The fourth-order valence-corrected chi connectivity index (χ4v) is 2.99. The van der Waals surface area contributed by atoms with Crippen molar-refractivity contribution in [1.82, 2.24) is 0 Å². The molecule has 0 amide bonds. The van der Waals surface area contributed by atoms with Crippen molar-refractivity contribution in [2.45, 2.75) is 26.5 Å². The van der Waals surface area contributed by atoms with Crippen LogP contribution < -0.4 is 10.1 Å². The molecule has 3 rings (SSSR count). The minimum absolute atomic E-state index is 0.565.